The highest BCUT2D eigenvalue weighted by molar-refractivity contribution is 8.20. The topological polar surface area (TPSA) is 0 Å². The molecular formula is C16H13F3S2. The molecule has 0 saturated carbocycles. The predicted octanol–water partition coefficient (Wildman–Crippen LogP) is 5.39. The van der Waals surface area contributed by atoms with E-state index in [0.29, 0.717) is 0 Å². The molecule has 3 rings (SSSR count). The molecule has 0 atom stereocenters. The SMILES string of the molecule is FC(F)(F)c1ccc(C2(c3ccccc3)SCCS2)cc1. The second-order valence-electron chi connectivity index (χ2n) is 4.75. The van der Waals surface area contributed by atoms with E-state index in [-0.39, 0.29) is 4.08 Å². The number of alkyl halides is 3. The minimum Gasteiger partial charge on any atom is -0.166 e. The summed E-state index contributed by atoms with van der Waals surface area (Å²) in [6.07, 6.45) is -4.28. The van der Waals surface area contributed by atoms with Gasteiger partial charge in [0.05, 0.1) is 5.56 Å². The quantitative estimate of drug-likeness (QED) is 0.726. The zero-order valence-corrected chi connectivity index (χ0v) is 12.7. The summed E-state index contributed by atoms with van der Waals surface area (Å²) in [6, 6.07) is 15.6. The molecule has 1 aliphatic heterocycles. The molecule has 1 heterocycles. The van der Waals surface area contributed by atoms with Gasteiger partial charge in [-0.25, -0.2) is 0 Å². The Kier molecular flexibility index (Phi) is 3.97. The molecule has 0 N–H and O–H groups in total. The van der Waals surface area contributed by atoms with Crippen molar-refractivity contribution < 1.29 is 13.2 Å². The lowest BCUT2D eigenvalue weighted by Crippen LogP contribution is -2.17. The zero-order valence-electron chi connectivity index (χ0n) is 11.1. The number of hydrogen-bond acceptors (Lipinski definition) is 2. The van der Waals surface area contributed by atoms with Crippen molar-refractivity contribution in [3.63, 3.8) is 0 Å². The van der Waals surface area contributed by atoms with E-state index < -0.39 is 11.7 Å². The predicted molar refractivity (Wildman–Crippen MR) is 83.6 cm³/mol. The van der Waals surface area contributed by atoms with Gasteiger partial charge in [0.1, 0.15) is 4.08 Å². The summed E-state index contributed by atoms with van der Waals surface area (Å²) in [6.45, 7) is 0. The average molecular weight is 326 g/mol. The molecule has 0 unspecified atom stereocenters. The van der Waals surface area contributed by atoms with Gasteiger partial charge in [0.15, 0.2) is 0 Å². The molecule has 0 bridgehead atoms. The Morgan fingerprint density at radius 2 is 1.29 bits per heavy atom. The van der Waals surface area contributed by atoms with E-state index >= 15 is 0 Å². The summed E-state index contributed by atoms with van der Waals surface area (Å²) in [5, 5.41) is 0. The highest BCUT2D eigenvalue weighted by Crippen LogP contribution is 2.56. The van der Waals surface area contributed by atoms with Crippen LogP contribution in [0.4, 0.5) is 13.2 Å². The van der Waals surface area contributed by atoms with Crippen molar-refractivity contribution in [3.05, 3.63) is 71.3 Å². The van der Waals surface area contributed by atoms with Gasteiger partial charge in [0.25, 0.3) is 0 Å². The molecule has 0 radical (unpaired) electrons. The van der Waals surface area contributed by atoms with Gasteiger partial charge in [-0.15, -0.1) is 23.5 Å². The fourth-order valence-corrected chi connectivity index (χ4v) is 5.73. The summed E-state index contributed by atoms with van der Waals surface area (Å²) in [7, 11) is 0. The molecule has 0 aliphatic carbocycles. The van der Waals surface area contributed by atoms with Gasteiger partial charge in [0.2, 0.25) is 0 Å². The van der Waals surface area contributed by atoms with Crippen LogP contribution in [0.15, 0.2) is 54.6 Å². The van der Waals surface area contributed by atoms with Gasteiger partial charge in [0, 0.05) is 11.5 Å². The van der Waals surface area contributed by atoms with Crippen molar-refractivity contribution in [1.29, 1.82) is 0 Å². The molecule has 1 fully saturated rings. The summed E-state index contributed by atoms with van der Waals surface area (Å²) < 4.78 is 37.8. The number of halogens is 3. The Morgan fingerprint density at radius 3 is 1.81 bits per heavy atom. The Balaban J connectivity index is 2.03. The minimum atomic E-state index is -4.28. The molecule has 0 amide bonds. The van der Waals surface area contributed by atoms with Crippen LogP contribution in [0, 0.1) is 0 Å². The smallest absolute Gasteiger partial charge is 0.166 e. The van der Waals surface area contributed by atoms with Gasteiger partial charge in [-0.1, -0.05) is 42.5 Å². The lowest BCUT2D eigenvalue weighted by molar-refractivity contribution is -0.137. The van der Waals surface area contributed by atoms with Crippen molar-refractivity contribution >= 4 is 23.5 Å². The molecular weight excluding hydrogens is 313 g/mol. The first-order valence-corrected chi connectivity index (χ1v) is 8.51. The van der Waals surface area contributed by atoms with E-state index in [2.05, 4.69) is 0 Å². The standard InChI is InChI=1S/C16H13F3S2/c17-16(18,19)14-8-6-13(7-9-14)15(20-10-11-21-15)12-4-2-1-3-5-12/h1-9H,10-11H2. The fraction of sp³-hybridized carbons (Fsp3) is 0.250. The maximum Gasteiger partial charge on any atom is 0.416 e. The maximum atomic E-state index is 12.7. The highest BCUT2D eigenvalue weighted by Gasteiger charge is 2.40. The van der Waals surface area contributed by atoms with Crippen LogP contribution in [0.25, 0.3) is 0 Å². The Morgan fingerprint density at radius 1 is 0.762 bits per heavy atom. The zero-order chi connectivity index (χ0) is 14.9. The van der Waals surface area contributed by atoms with E-state index in [1.807, 2.05) is 30.3 Å². The lowest BCUT2D eigenvalue weighted by Gasteiger charge is -2.28. The van der Waals surface area contributed by atoms with Crippen LogP contribution < -0.4 is 0 Å². The van der Waals surface area contributed by atoms with E-state index in [1.165, 1.54) is 12.1 Å². The van der Waals surface area contributed by atoms with Crippen molar-refractivity contribution in [2.24, 2.45) is 0 Å². The van der Waals surface area contributed by atoms with Crippen LogP contribution in [0.2, 0.25) is 0 Å². The van der Waals surface area contributed by atoms with E-state index in [0.717, 1.165) is 22.6 Å². The van der Waals surface area contributed by atoms with Gasteiger partial charge in [-0.2, -0.15) is 13.2 Å². The van der Waals surface area contributed by atoms with Gasteiger partial charge >= 0.3 is 6.18 Å². The lowest BCUT2D eigenvalue weighted by atomic mass is 10.0. The van der Waals surface area contributed by atoms with Crippen LogP contribution >= 0.6 is 23.5 Å². The monoisotopic (exact) mass is 326 g/mol. The number of benzene rings is 2. The summed E-state index contributed by atoms with van der Waals surface area (Å²) in [5.41, 5.74) is 1.47. The Labute approximate surface area is 130 Å². The third-order valence-corrected chi connectivity index (χ3v) is 6.98. The third-order valence-electron chi connectivity index (χ3n) is 3.44. The van der Waals surface area contributed by atoms with Crippen molar-refractivity contribution in [2.45, 2.75) is 10.3 Å². The first-order chi connectivity index (χ1) is 10.0. The number of hydrogen-bond donors (Lipinski definition) is 0. The maximum absolute atomic E-state index is 12.7. The second kappa shape index (κ2) is 5.61. The first-order valence-electron chi connectivity index (χ1n) is 6.53. The molecule has 0 spiro atoms. The molecule has 2 aromatic carbocycles. The molecule has 1 saturated heterocycles. The van der Waals surface area contributed by atoms with Gasteiger partial charge in [-0.05, 0) is 23.3 Å². The molecule has 0 aromatic heterocycles. The fourth-order valence-electron chi connectivity index (χ4n) is 2.45. The molecule has 110 valence electrons. The van der Waals surface area contributed by atoms with Crippen molar-refractivity contribution in [2.75, 3.05) is 11.5 Å². The average Bonchev–Trinajstić information content (AvgIpc) is 2.98. The number of thioether (sulfide) groups is 2. The summed E-state index contributed by atoms with van der Waals surface area (Å²) in [5.74, 6) is 2.00. The second-order valence-corrected chi connectivity index (χ2v) is 7.63. The molecule has 21 heavy (non-hydrogen) atoms. The van der Waals surface area contributed by atoms with Crippen LogP contribution in [0.3, 0.4) is 0 Å². The largest absolute Gasteiger partial charge is 0.416 e. The minimum absolute atomic E-state index is 0.286. The van der Waals surface area contributed by atoms with Crippen molar-refractivity contribution in [1.82, 2.24) is 0 Å². The van der Waals surface area contributed by atoms with E-state index in [9.17, 15) is 13.2 Å². The molecule has 0 nitrogen and oxygen atoms in total. The molecule has 5 heteroatoms. The van der Waals surface area contributed by atoms with Crippen LogP contribution in [0.1, 0.15) is 16.7 Å². The Bertz CT molecular complexity index is 600. The van der Waals surface area contributed by atoms with E-state index in [1.54, 1.807) is 35.7 Å². The molecule has 2 aromatic rings. The summed E-state index contributed by atoms with van der Waals surface area (Å²) >= 11 is 3.58. The van der Waals surface area contributed by atoms with Gasteiger partial charge in [-0.3, -0.25) is 0 Å². The Hall–Kier alpha value is -1.07. The van der Waals surface area contributed by atoms with Gasteiger partial charge < -0.3 is 0 Å². The van der Waals surface area contributed by atoms with E-state index in [4.69, 9.17) is 0 Å². The number of rotatable bonds is 2. The van der Waals surface area contributed by atoms with Crippen molar-refractivity contribution in [3.8, 4) is 0 Å². The first kappa shape index (κ1) is 14.9. The van der Waals surface area contributed by atoms with Crippen LogP contribution in [-0.2, 0) is 10.3 Å². The normalized spacial score (nSPS) is 17.9. The molecule has 1 aliphatic rings. The third kappa shape index (κ3) is 2.81. The highest BCUT2D eigenvalue weighted by atomic mass is 32.2. The van der Waals surface area contributed by atoms with Crippen LogP contribution in [0.5, 0.6) is 0 Å². The van der Waals surface area contributed by atoms with Crippen LogP contribution in [-0.4, -0.2) is 11.5 Å². The summed E-state index contributed by atoms with van der Waals surface area (Å²) in [4.78, 5) is 0.